The van der Waals surface area contributed by atoms with Crippen LogP contribution in [0.5, 0.6) is 0 Å². The maximum absolute atomic E-state index is 13.8. The predicted molar refractivity (Wildman–Crippen MR) is 169 cm³/mol. The van der Waals surface area contributed by atoms with Gasteiger partial charge in [-0.05, 0) is 129 Å². The quantitative estimate of drug-likeness (QED) is 0.254. The van der Waals surface area contributed by atoms with Crippen molar-refractivity contribution in [3.63, 3.8) is 0 Å². The van der Waals surface area contributed by atoms with Gasteiger partial charge in [-0.25, -0.2) is 4.79 Å². The highest BCUT2D eigenvalue weighted by atomic mass is 16.5. The minimum absolute atomic E-state index is 0.00524. The van der Waals surface area contributed by atoms with E-state index in [0.29, 0.717) is 46.9 Å². The fraction of sp³-hybridized carbons (Fsp3) is 0.553. The number of hydrogen-bond donors (Lipinski definition) is 2. The van der Waals surface area contributed by atoms with E-state index in [-0.39, 0.29) is 28.9 Å². The van der Waals surface area contributed by atoms with Gasteiger partial charge < -0.3 is 19.7 Å². The second-order valence-electron chi connectivity index (χ2n) is 15.2. The van der Waals surface area contributed by atoms with E-state index in [1.807, 2.05) is 30.3 Å². The third kappa shape index (κ3) is 4.67. The molecule has 6 aliphatic rings. The molecule has 6 aliphatic carbocycles. The van der Waals surface area contributed by atoms with Crippen molar-refractivity contribution in [2.24, 2.45) is 28.6 Å². The van der Waals surface area contributed by atoms with Crippen molar-refractivity contribution in [1.29, 1.82) is 0 Å². The molecule has 0 radical (unpaired) electrons. The van der Waals surface area contributed by atoms with Gasteiger partial charge in [0.1, 0.15) is 5.76 Å². The highest BCUT2D eigenvalue weighted by molar-refractivity contribution is 6.00. The molecule has 6 saturated carbocycles. The van der Waals surface area contributed by atoms with Crippen LogP contribution in [0.15, 0.2) is 53.1 Å². The minimum Gasteiger partial charge on any atom is -0.478 e. The largest absolute Gasteiger partial charge is 0.478 e. The van der Waals surface area contributed by atoms with Crippen LogP contribution in [0.4, 0.5) is 5.69 Å². The van der Waals surface area contributed by atoms with Gasteiger partial charge in [0, 0.05) is 29.0 Å². The monoisotopic (exact) mass is 606 g/mol. The van der Waals surface area contributed by atoms with Gasteiger partial charge in [-0.2, -0.15) is 0 Å². The summed E-state index contributed by atoms with van der Waals surface area (Å²) in [6.07, 6.45) is 14.7. The molecule has 0 aliphatic heterocycles. The van der Waals surface area contributed by atoms with E-state index < -0.39 is 5.97 Å². The minimum atomic E-state index is -0.977. The first-order chi connectivity index (χ1) is 21.9. The molecule has 45 heavy (non-hydrogen) atoms. The molecule has 234 valence electrons. The lowest BCUT2D eigenvalue weighted by Crippen LogP contribution is -2.39. The summed E-state index contributed by atoms with van der Waals surface area (Å²) in [5.74, 6) is 2.06. The van der Waals surface area contributed by atoms with Gasteiger partial charge in [0.05, 0.1) is 24.0 Å². The summed E-state index contributed by atoms with van der Waals surface area (Å²) in [4.78, 5) is 25.7. The number of nitrogens with zero attached hydrogens (tertiary/aromatic N) is 1. The number of carboxylic acid groups (broad SMARTS) is 1. The van der Waals surface area contributed by atoms with Crippen LogP contribution in [-0.2, 0) is 16.1 Å². The number of benzene rings is 2. The molecule has 7 heteroatoms. The van der Waals surface area contributed by atoms with Crippen LogP contribution in [0.1, 0.15) is 116 Å². The van der Waals surface area contributed by atoms with E-state index in [1.165, 1.54) is 69.0 Å². The highest BCUT2D eigenvalue weighted by Gasteiger charge is 2.76. The Kier molecular flexibility index (Phi) is 6.36. The van der Waals surface area contributed by atoms with Gasteiger partial charge >= 0.3 is 5.97 Å². The summed E-state index contributed by atoms with van der Waals surface area (Å²) >= 11 is 0. The van der Waals surface area contributed by atoms with Crippen molar-refractivity contribution in [2.75, 3.05) is 5.32 Å². The van der Waals surface area contributed by atoms with Crippen molar-refractivity contribution in [3.05, 3.63) is 71.1 Å². The molecule has 5 atom stereocenters. The summed E-state index contributed by atoms with van der Waals surface area (Å²) in [5.41, 5.74) is 5.50. The summed E-state index contributed by atoms with van der Waals surface area (Å²) in [6.45, 7) is 0.582. The third-order valence-electron chi connectivity index (χ3n) is 12.8. The third-order valence-corrected chi connectivity index (χ3v) is 12.8. The van der Waals surface area contributed by atoms with Crippen molar-refractivity contribution in [3.8, 4) is 11.1 Å². The van der Waals surface area contributed by atoms with E-state index in [9.17, 15) is 14.7 Å². The molecular weight excluding hydrogens is 564 g/mol. The molecule has 7 nitrogen and oxygen atoms in total. The van der Waals surface area contributed by atoms with Gasteiger partial charge in [-0.3, -0.25) is 4.79 Å². The lowest BCUT2D eigenvalue weighted by molar-refractivity contribution is -0.119. The van der Waals surface area contributed by atoms with Gasteiger partial charge in [0.25, 0.3) is 0 Å². The molecule has 6 fully saturated rings. The molecule has 1 aromatic heterocycles. The first-order valence-electron chi connectivity index (χ1n) is 17.3. The maximum Gasteiger partial charge on any atom is 0.336 e. The Morgan fingerprint density at radius 2 is 1.73 bits per heavy atom. The zero-order valence-corrected chi connectivity index (χ0v) is 25.8. The lowest BCUT2D eigenvalue weighted by Gasteiger charge is -2.44. The molecule has 9 rings (SSSR count). The molecule has 3 aromatic rings. The van der Waals surface area contributed by atoms with Crippen molar-refractivity contribution in [1.82, 2.24) is 5.16 Å². The Bertz CT molecular complexity index is 1650. The summed E-state index contributed by atoms with van der Waals surface area (Å²) in [7, 11) is 0. The standard InChI is InChI=1S/C38H42N2O5/c41-35(39-26-8-9-28(36(42)43)29(19-26)22-4-2-1-3-5-22)32-31-20-27(18-25-12-15-38(25,31)32)44-21-30-33(40-45-34(30)24-6-7-24)23-10-13-37(14-11-23)16-17-37/h1-5,8-9,19,23-25,27,31-32H,6-7,10-18,20-21H2,(H,39,41)(H,42,43). The highest BCUT2D eigenvalue weighted by Crippen LogP contribution is 2.77. The van der Waals surface area contributed by atoms with Crippen LogP contribution >= 0.6 is 0 Å². The van der Waals surface area contributed by atoms with E-state index in [0.717, 1.165) is 30.6 Å². The fourth-order valence-corrected chi connectivity index (χ4v) is 9.81. The first kappa shape index (κ1) is 27.8. The van der Waals surface area contributed by atoms with Crippen molar-refractivity contribution >= 4 is 17.6 Å². The number of anilines is 1. The van der Waals surface area contributed by atoms with Crippen LogP contribution in [0.2, 0.25) is 0 Å². The zero-order valence-electron chi connectivity index (χ0n) is 25.8. The van der Waals surface area contributed by atoms with Gasteiger partial charge in [-0.15, -0.1) is 0 Å². The number of rotatable bonds is 9. The number of ether oxygens (including phenoxy) is 1. The molecule has 2 aromatic carbocycles. The number of nitrogens with one attached hydrogen (secondary N) is 1. The number of carbonyl (C=O) groups is 2. The van der Waals surface area contributed by atoms with E-state index >= 15 is 0 Å². The number of hydrogen-bond acceptors (Lipinski definition) is 5. The first-order valence-corrected chi connectivity index (χ1v) is 17.3. The number of aromatic nitrogens is 1. The number of amides is 1. The van der Waals surface area contributed by atoms with E-state index in [1.54, 1.807) is 18.2 Å². The topological polar surface area (TPSA) is 102 Å². The fourth-order valence-electron chi connectivity index (χ4n) is 9.81. The summed E-state index contributed by atoms with van der Waals surface area (Å²) in [6, 6.07) is 14.6. The smallest absolute Gasteiger partial charge is 0.336 e. The lowest BCUT2D eigenvalue weighted by atomic mass is 9.62. The van der Waals surface area contributed by atoms with Crippen LogP contribution in [-0.4, -0.2) is 28.2 Å². The number of carbonyl (C=O) groups excluding carboxylic acids is 1. The summed E-state index contributed by atoms with van der Waals surface area (Å²) in [5, 5.41) is 17.6. The van der Waals surface area contributed by atoms with Crippen molar-refractivity contribution in [2.45, 2.75) is 102 Å². The molecule has 1 amide bonds. The molecule has 2 N–H and O–H groups in total. The Morgan fingerprint density at radius 1 is 0.933 bits per heavy atom. The molecule has 2 spiro atoms. The molecule has 0 saturated heterocycles. The summed E-state index contributed by atoms with van der Waals surface area (Å²) < 4.78 is 12.7. The number of aromatic carboxylic acids is 1. The normalized spacial score (nSPS) is 31.0. The van der Waals surface area contributed by atoms with Gasteiger partial charge in [0.2, 0.25) is 5.91 Å². The van der Waals surface area contributed by atoms with Crippen molar-refractivity contribution < 1.29 is 24.0 Å². The Hall–Kier alpha value is -3.45. The van der Waals surface area contributed by atoms with Crippen LogP contribution in [0.3, 0.4) is 0 Å². The average molecular weight is 607 g/mol. The second kappa shape index (κ2) is 10.3. The predicted octanol–water partition coefficient (Wildman–Crippen LogP) is 8.32. The molecular formula is C38H42N2O5. The van der Waals surface area contributed by atoms with E-state index in [2.05, 4.69) is 10.5 Å². The zero-order chi connectivity index (χ0) is 30.3. The number of carboxylic acids is 1. The molecule has 1 heterocycles. The van der Waals surface area contributed by atoms with E-state index in [4.69, 9.17) is 9.26 Å². The van der Waals surface area contributed by atoms with Crippen LogP contribution in [0.25, 0.3) is 11.1 Å². The van der Waals surface area contributed by atoms with Crippen LogP contribution < -0.4 is 5.32 Å². The Morgan fingerprint density at radius 3 is 2.42 bits per heavy atom. The SMILES string of the molecule is O=C(O)c1ccc(NC(=O)C2C3CC(OCc4c(C5CCC6(CC5)CC6)noc4C4CC4)CC4CCC432)cc1-c1ccccc1. The Balaban J connectivity index is 0.883. The van der Waals surface area contributed by atoms with Gasteiger partial charge in [0.15, 0.2) is 0 Å². The molecule has 0 bridgehead atoms. The molecule has 5 unspecified atom stereocenters. The Labute approximate surface area is 264 Å². The van der Waals surface area contributed by atoms with Gasteiger partial charge in [-0.1, -0.05) is 35.5 Å². The maximum atomic E-state index is 13.8. The second-order valence-corrected chi connectivity index (χ2v) is 15.2. The van der Waals surface area contributed by atoms with Crippen LogP contribution in [0, 0.1) is 28.6 Å². The average Bonchev–Trinajstić information content (AvgIpc) is 3.98.